The zero-order chi connectivity index (χ0) is 15.1. The molecule has 0 aliphatic heterocycles. The highest BCUT2D eigenvalue weighted by Crippen LogP contribution is 2.43. The first-order chi connectivity index (χ1) is 9.19. The Hall–Kier alpha value is -1.60. The molecule has 108 valence electrons. The number of ether oxygens (including phenoxy) is 1. The number of hydrogen-bond acceptors (Lipinski definition) is 3. The number of alkyl halides is 4. The van der Waals surface area contributed by atoms with Crippen LogP contribution in [0.2, 0.25) is 5.02 Å². The van der Waals surface area contributed by atoms with Gasteiger partial charge in [-0.1, -0.05) is 11.6 Å². The van der Waals surface area contributed by atoms with E-state index in [1.807, 2.05) is 0 Å². The van der Waals surface area contributed by atoms with Gasteiger partial charge in [0.05, 0.1) is 5.39 Å². The van der Waals surface area contributed by atoms with Crippen molar-refractivity contribution in [1.29, 1.82) is 0 Å². The lowest BCUT2D eigenvalue weighted by Crippen LogP contribution is -2.40. The second kappa shape index (κ2) is 4.75. The monoisotopic (exact) mass is 310 g/mol. The summed E-state index contributed by atoms with van der Waals surface area (Å²) in [7, 11) is 0.527. The first kappa shape index (κ1) is 14.8. The van der Waals surface area contributed by atoms with Crippen LogP contribution in [0.1, 0.15) is 5.76 Å². The van der Waals surface area contributed by atoms with E-state index in [0.29, 0.717) is 13.2 Å². The van der Waals surface area contributed by atoms with Gasteiger partial charge in [-0.25, -0.2) is 0 Å². The van der Waals surface area contributed by atoms with Gasteiger partial charge in [-0.2, -0.15) is 17.6 Å². The van der Waals surface area contributed by atoms with Gasteiger partial charge >= 0.3 is 12.0 Å². The minimum absolute atomic E-state index is 0.0538. The van der Waals surface area contributed by atoms with Crippen molar-refractivity contribution in [3.63, 3.8) is 0 Å². The second-order valence-electron chi connectivity index (χ2n) is 3.91. The number of hydrogen-bond donors (Lipinski definition) is 0. The van der Waals surface area contributed by atoms with Gasteiger partial charge in [0.15, 0.2) is 11.2 Å². The van der Waals surface area contributed by atoms with Crippen molar-refractivity contribution >= 4 is 22.6 Å². The molecule has 0 aliphatic rings. The molecule has 0 saturated heterocycles. The first-order valence-electron chi connectivity index (χ1n) is 5.24. The molecule has 0 N–H and O–H groups in total. The van der Waals surface area contributed by atoms with Crippen molar-refractivity contribution in [3.8, 4) is 0 Å². The Labute approximate surface area is 114 Å². The SMILES string of the molecule is COC(F)(c1cc(=O)c2cc(Cl)ccc2o1)C(F)(F)F. The Bertz CT molecular complexity index is 710. The van der Waals surface area contributed by atoms with E-state index in [1.54, 1.807) is 0 Å². The molecule has 1 aromatic heterocycles. The number of halogens is 5. The summed E-state index contributed by atoms with van der Waals surface area (Å²) < 4.78 is 60.7. The Morgan fingerprint density at radius 3 is 2.40 bits per heavy atom. The van der Waals surface area contributed by atoms with Gasteiger partial charge in [0.1, 0.15) is 5.58 Å². The van der Waals surface area contributed by atoms with Crippen LogP contribution in [0.5, 0.6) is 0 Å². The van der Waals surface area contributed by atoms with Crippen molar-refractivity contribution in [2.24, 2.45) is 0 Å². The largest absolute Gasteiger partial charge is 0.456 e. The number of benzene rings is 1. The predicted octanol–water partition coefficient (Wildman–Crippen LogP) is 3.78. The van der Waals surface area contributed by atoms with Gasteiger partial charge < -0.3 is 9.15 Å². The molecular formula is C12H7ClF4O3. The highest BCUT2D eigenvalue weighted by atomic mass is 35.5. The Morgan fingerprint density at radius 2 is 1.85 bits per heavy atom. The molecule has 0 aliphatic carbocycles. The quantitative estimate of drug-likeness (QED) is 0.793. The van der Waals surface area contributed by atoms with E-state index in [-0.39, 0.29) is 16.0 Å². The van der Waals surface area contributed by atoms with Crippen LogP contribution in [0.4, 0.5) is 17.6 Å². The molecule has 3 nitrogen and oxygen atoms in total. The van der Waals surface area contributed by atoms with Crippen LogP contribution in [0.15, 0.2) is 33.5 Å². The summed E-state index contributed by atoms with van der Waals surface area (Å²) in [6, 6.07) is 4.09. The van der Waals surface area contributed by atoms with E-state index in [2.05, 4.69) is 4.74 Å². The maximum absolute atomic E-state index is 13.9. The van der Waals surface area contributed by atoms with E-state index in [0.717, 1.165) is 0 Å². The molecule has 0 saturated carbocycles. The zero-order valence-corrected chi connectivity index (χ0v) is 10.7. The third-order valence-electron chi connectivity index (χ3n) is 2.65. The van der Waals surface area contributed by atoms with Gasteiger partial charge in [-0.15, -0.1) is 0 Å². The normalized spacial score (nSPS) is 15.3. The maximum atomic E-state index is 13.9. The number of rotatable bonds is 2. The molecule has 2 aromatic rings. The lowest BCUT2D eigenvalue weighted by Gasteiger charge is -2.24. The van der Waals surface area contributed by atoms with Gasteiger partial charge in [0, 0.05) is 18.2 Å². The van der Waals surface area contributed by atoms with Crippen LogP contribution >= 0.6 is 11.6 Å². The summed E-state index contributed by atoms with van der Waals surface area (Å²) in [5.74, 6) is -5.47. The van der Waals surface area contributed by atoms with Gasteiger partial charge in [-0.05, 0) is 18.2 Å². The lowest BCUT2D eigenvalue weighted by molar-refractivity contribution is -0.339. The molecule has 20 heavy (non-hydrogen) atoms. The molecule has 8 heteroatoms. The number of fused-ring (bicyclic) bond motifs is 1. The van der Waals surface area contributed by atoms with Crippen molar-refractivity contribution in [3.05, 3.63) is 45.3 Å². The molecule has 0 fully saturated rings. The summed E-state index contributed by atoms with van der Waals surface area (Å²) in [5, 5.41) is 0.147. The average Bonchev–Trinajstić information content (AvgIpc) is 2.37. The molecule has 0 spiro atoms. The van der Waals surface area contributed by atoms with Gasteiger partial charge in [0.25, 0.3) is 0 Å². The minimum Gasteiger partial charge on any atom is -0.454 e. The predicted molar refractivity (Wildman–Crippen MR) is 63.3 cm³/mol. The summed E-state index contributed by atoms with van der Waals surface area (Å²) >= 11 is 5.66. The van der Waals surface area contributed by atoms with Crippen LogP contribution in [0.3, 0.4) is 0 Å². The molecule has 0 radical (unpaired) electrons. The fourth-order valence-electron chi connectivity index (χ4n) is 1.64. The van der Waals surface area contributed by atoms with Crippen molar-refractivity contribution in [2.45, 2.75) is 12.0 Å². The summed E-state index contributed by atoms with van der Waals surface area (Å²) in [6.45, 7) is 0. The number of methoxy groups -OCH3 is 1. The van der Waals surface area contributed by atoms with Crippen LogP contribution in [-0.2, 0) is 10.6 Å². The molecule has 1 atom stereocenters. The van der Waals surface area contributed by atoms with Crippen molar-refractivity contribution < 1.29 is 26.7 Å². The molecule has 1 heterocycles. The van der Waals surface area contributed by atoms with E-state index >= 15 is 0 Å². The lowest BCUT2D eigenvalue weighted by atomic mass is 10.1. The Morgan fingerprint density at radius 1 is 1.20 bits per heavy atom. The van der Waals surface area contributed by atoms with Crippen LogP contribution in [0.25, 0.3) is 11.0 Å². The maximum Gasteiger partial charge on any atom is 0.456 e. The molecule has 2 rings (SSSR count). The van der Waals surface area contributed by atoms with Crippen LogP contribution in [-0.4, -0.2) is 13.3 Å². The highest BCUT2D eigenvalue weighted by Gasteiger charge is 2.61. The van der Waals surface area contributed by atoms with E-state index in [9.17, 15) is 22.4 Å². The van der Waals surface area contributed by atoms with E-state index < -0.39 is 23.2 Å². The summed E-state index contributed by atoms with van der Waals surface area (Å²) in [4.78, 5) is 11.7. The Kier molecular flexibility index (Phi) is 3.51. The summed E-state index contributed by atoms with van der Waals surface area (Å²) in [5.41, 5.74) is -1.08. The van der Waals surface area contributed by atoms with E-state index in [4.69, 9.17) is 16.0 Å². The van der Waals surface area contributed by atoms with Crippen LogP contribution < -0.4 is 5.43 Å². The molecule has 1 unspecified atom stereocenters. The van der Waals surface area contributed by atoms with Crippen molar-refractivity contribution in [2.75, 3.05) is 7.11 Å². The van der Waals surface area contributed by atoms with E-state index in [1.165, 1.54) is 18.2 Å². The third-order valence-corrected chi connectivity index (χ3v) is 2.89. The average molecular weight is 311 g/mol. The fourth-order valence-corrected chi connectivity index (χ4v) is 1.82. The molecular weight excluding hydrogens is 304 g/mol. The first-order valence-corrected chi connectivity index (χ1v) is 5.61. The molecule has 0 amide bonds. The van der Waals surface area contributed by atoms with Gasteiger partial charge in [-0.3, -0.25) is 4.79 Å². The minimum atomic E-state index is -5.39. The summed E-state index contributed by atoms with van der Waals surface area (Å²) in [6.07, 6.45) is -5.39. The smallest absolute Gasteiger partial charge is 0.454 e. The fraction of sp³-hybridized carbons (Fsp3) is 0.250. The molecule has 0 bridgehead atoms. The highest BCUT2D eigenvalue weighted by molar-refractivity contribution is 6.31. The van der Waals surface area contributed by atoms with Crippen molar-refractivity contribution in [1.82, 2.24) is 0 Å². The van der Waals surface area contributed by atoms with Gasteiger partial charge in [0.2, 0.25) is 0 Å². The molecule has 1 aromatic carbocycles. The Balaban J connectivity index is 2.74. The topological polar surface area (TPSA) is 39.4 Å². The standard InChI is InChI=1S/C12H7ClF4O3/c1-19-11(14,12(15,16)17)10-5-8(18)7-4-6(13)2-3-9(7)20-10/h2-5H,1H3. The zero-order valence-electron chi connectivity index (χ0n) is 9.92. The second-order valence-corrected chi connectivity index (χ2v) is 4.35. The van der Waals surface area contributed by atoms with Crippen LogP contribution in [0, 0.1) is 0 Å². The third kappa shape index (κ3) is 2.27.